The van der Waals surface area contributed by atoms with E-state index in [0.717, 1.165) is 0 Å². The number of likely N-dealkylation sites (tertiary alicyclic amines) is 1. The van der Waals surface area contributed by atoms with Crippen LogP contribution in [0.25, 0.3) is 0 Å². The van der Waals surface area contributed by atoms with Crippen molar-refractivity contribution in [1.29, 1.82) is 0 Å². The van der Waals surface area contributed by atoms with Gasteiger partial charge in [-0.25, -0.2) is 4.79 Å². The number of rotatable bonds is 3. The van der Waals surface area contributed by atoms with Crippen molar-refractivity contribution in [3.05, 3.63) is 0 Å². The second-order valence-electron chi connectivity index (χ2n) is 4.06. The number of esters is 1. The predicted molar refractivity (Wildman–Crippen MR) is 57.3 cm³/mol. The molecule has 0 aromatic carbocycles. The Bertz CT molecular complexity index is 331. The summed E-state index contributed by atoms with van der Waals surface area (Å²) >= 11 is 0. The number of carbonyl (C=O) groups is 3. The van der Waals surface area contributed by atoms with Crippen LogP contribution in [0.5, 0.6) is 0 Å². The quantitative estimate of drug-likeness (QED) is 0.654. The van der Waals surface area contributed by atoms with Crippen LogP contribution in [0.15, 0.2) is 0 Å². The van der Waals surface area contributed by atoms with Crippen molar-refractivity contribution < 1.29 is 24.2 Å². The summed E-state index contributed by atoms with van der Waals surface area (Å²) in [5.41, 5.74) is 0. The fourth-order valence-corrected chi connectivity index (χ4v) is 1.85. The summed E-state index contributed by atoms with van der Waals surface area (Å²) in [6.45, 7) is 2.11. The number of carboxylic acids is 1. The topological polar surface area (TPSA) is 95.9 Å². The Morgan fingerprint density at radius 2 is 2.06 bits per heavy atom. The van der Waals surface area contributed by atoms with Crippen LogP contribution in [0, 0.1) is 11.8 Å². The molecule has 0 aromatic rings. The van der Waals surface area contributed by atoms with Gasteiger partial charge in [-0.1, -0.05) is 6.92 Å². The van der Waals surface area contributed by atoms with Gasteiger partial charge in [0.05, 0.1) is 13.0 Å². The van der Waals surface area contributed by atoms with E-state index in [1.165, 1.54) is 12.0 Å². The van der Waals surface area contributed by atoms with Gasteiger partial charge in [0.15, 0.2) is 0 Å². The van der Waals surface area contributed by atoms with E-state index in [0.29, 0.717) is 6.54 Å². The van der Waals surface area contributed by atoms with E-state index < -0.39 is 18.5 Å². The summed E-state index contributed by atoms with van der Waals surface area (Å²) in [5, 5.41) is 10.7. The smallest absolute Gasteiger partial charge is 0.323 e. The molecule has 7 nitrogen and oxygen atoms in total. The van der Waals surface area contributed by atoms with Crippen molar-refractivity contribution in [2.24, 2.45) is 11.8 Å². The zero-order valence-electron chi connectivity index (χ0n) is 9.80. The molecule has 0 saturated carbocycles. The predicted octanol–water partition coefficient (Wildman–Crippen LogP) is -0.478. The van der Waals surface area contributed by atoms with Crippen LogP contribution < -0.4 is 5.32 Å². The number of nitrogens with zero attached hydrogens (tertiary/aromatic N) is 1. The number of ether oxygens (including phenoxy) is 1. The molecule has 0 bridgehead atoms. The molecular formula is C10H16N2O5. The summed E-state index contributed by atoms with van der Waals surface area (Å²) in [4.78, 5) is 34.7. The molecule has 1 aliphatic heterocycles. The molecule has 7 heteroatoms. The molecule has 0 aliphatic carbocycles. The second kappa shape index (κ2) is 5.51. The Balaban J connectivity index is 2.50. The molecule has 1 saturated heterocycles. The highest BCUT2D eigenvalue weighted by Crippen LogP contribution is 2.23. The molecule has 2 amide bonds. The third kappa shape index (κ3) is 3.33. The van der Waals surface area contributed by atoms with Gasteiger partial charge in [0, 0.05) is 13.1 Å². The zero-order chi connectivity index (χ0) is 13.0. The summed E-state index contributed by atoms with van der Waals surface area (Å²) < 4.78 is 4.64. The third-order valence-corrected chi connectivity index (χ3v) is 2.79. The molecule has 2 atom stereocenters. The number of carbonyl (C=O) groups excluding carboxylic acids is 2. The highest BCUT2D eigenvalue weighted by atomic mass is 16.5. The van der Waals surface area contributed by atoms with Crippen LogP contribution >= 0.6 is 0 Å². The summed E-state index contributed by atoms with van der Waals surface area (Å²) in [6.07, 6.45) is 0. The van der Waals surface area contributed by atoms with Crippen molar-refractivity contribution in [2.45, 2.75) is 6.92 Å². The van der Waals surface area contributed by atoms with Crippen LogP contribution in [-0.4, -0.2) is 54.7 Å². The van der Waals surface area contributed by atoms with Crippen LogP contribution in [0.1, 0.15) is 6.92 Å². The average Bonchev–Trinajstić information content (AvgIpc) is 2.67. The van der Waals surface area contributed by atoms with E-state index in [1.54, 1.807) is 0 Å². The lowest BCUT2D eigenvalue weighted by atomic mass is 9.99. The van der Waals surface area contributed by atoms with E-state index in [-0.39, 0.29) is 24.3 Å². The molecule has 17 heavy (non-hydrogen) atoms. The first-order chi connectivity index (χ1) is 7.95. The van der Waals surface area contributed by atoms with E-state index >= 15 is 0 Å². The van der Waals surface area contributed by atoms with E-state index in [1.807, 2.05) is 6.92 Å². The zero-order valence-corrected chi connectivity index (χ0v) is 9.80. The number of methoxy groups -OCH3 is 1. The number of nitrogens with one attached hydrogen (secondary N) is 1. The lowest BCUT2D eigenvalue weighted by Gasteiger charge is -2.15. The molecule has 1 fully saturated rings. The fraction of sp³-hybridized carbons (Fsp3) is 0.700. The molecule has 96 valence electrons. The number of hydrogen-bond acceptors (Lipinski definition) is 4. The van der Waals surface area contributed by atoms with Crippen molar-refractivity contribution in [2.75, 3.05) is 26.7 Å². The number of aliphatic carboxylic acids is 1. The van der Waals surface area contributed by atoms with Gasteiger partial charge in [0.25, 0.3) is 0 Å². The molecule has 1 rings (SSSR count). The molecule has 0 spiro atoms. The second-order valence-corrected chi connectivity index (χ2v) is 4.06. The normalized spacial score (nSPS) is 23.3. The van der Waals surface area contributed by atoms with Crippen LogP contribution in [0.3, 0.4) is 0 Å². The standard InChI is InChI=1S/C10H16N2O5/c1-6-4-12(5-7(6)9(15)17-2)10(16)11-3-8(13)14/h6-7H,3-5H2,1-2H3,(H,11,16)(H,13,14). The van der Waals surface area contributed by atoms with Crippen LogP contribution in [0.2, 0.25) is 0 Å². The highest BCUT2D eigenvalue weighted by molar-refractivity contribution is 5.81. The van der Waals surface area contributed by atoms with Gasteiger partial charge >= 0.3 is 18.0 Å². The van der Waals surface area contributed by atoms with Gasteiger partial charge in [-0.2, -0.15) is 0 Å². The van der Waals surface area contributed by atoms with E-state index in [4.69, 9.17) is 5.11 Å². The van der Waals surface area contributed by atoms with E-state index in [2.05, 4.69) is 10.1 Å². The Hall–Kier alpha value is -1.79. The van der Waals surface area contributed by atoms with Crippen LogP contribution in [0.4, 0.5) is 4.79 Å². The Kier molecular flexibility index (Phi) is 4.30. The maximum atomic E-state index is 11.6. The molecule has 0 aromatic heterocycles. The minimum absolute atomic E-state index is 0.0121. The van der Waals surface area contributed by atoms with Gasteiger partial charge in [0.2, 0.25) is 0 Å². The molecular weight excluding hydrogens is 228 g/mol. The highest BCUT2D eigenvalue weighted by Gasteiger charge is 2.37. The van der Waals surface area contributed by atoms with Crippen molar-refractivity contribution >= 4 is 18.0 Å². The number of amides is 2. The van der Waals surface area contributed by atoms with Gasteiger partial charge in [-0.3, -0.25) is 9.59 Å². The largest absolute Gasteiger partial charge is 0.480 e. The Labute approximate surface area is 98.7 Å². The molecule has 2 N–H and O–H groups in total. The maximum Gasteiger partial charge on any atom is 0.323 e. The summed E-state index contributed by atoms with van der Waals surface area (Å²) in [5.74, 6) is -1.77. The van der Waals surface area contributed by atoms with E-state index in [9.17, 15) is 14.4 Å². The number of urea groups is 1. The Morgan fingerprint density at radius 3 is 2.59 bits per heavy atom. The molecule has 1 aliphatic rings. The van der Waals surface area contributed by atoms with Gasteiger partial charge in [-0.15, -0.1) is 0 Å². The molecule has 1 heterocycles. The summed E-state index contributed by atoms with van der Waals surface area (Å²) in [6, 6.07) is -0.467. The van der Waals surface area contributed by atoms with Crippen molar-refractivity contribution in [3.8, 4) is 0 Å². The first-order valence-corrected chi connectivity index (χ1v) is 5.28. The van der Waals surface area contributed by atoms with Gasteiger partial charge in [-0.05, 0) is 5.92 Å². The molecule has 0 radical (unpaired) electrons. The number of carboxylic acid groups (broad SMARTS) is 1. The van der Waals surface area contributed by atoms with Crippen LogP contribution in [-0.2, 0) is 14.3 Å². The van der Waals surface area contributed by atoms with Crippen molar-refractivity contribution in [3.63, 3.8) is 0 Å². The number of hydrogen-bond donors (Lipinski definition) is 2. The van der Waals surface area contributed by atoms with Gasteiger partial charge in [0.1, 0.15) is 6.54 Å². The first kappa shape index (κ1) is 13.3. The molecule has 2 unspecified atom stereocenters. The van der Waals surface area contributed by atoms with Gasteiger partial charge < -0.3 is 20.1 Å². The monoisotopic (exact) mass is 244 g/mol. The minimum atomic E-state index is -1.10. The lowest BCUT2D eigenvalue weighted by Crippen LogP contribution is -2.41. The Morgan fingerprint density at radius 1 is 1.41 bits per heavy atom. The summed E-state index contributed by atoms with van der Waals surface area (Å²) in [7, 11) is 1.31. The minimum Gasteiger partial charge on any atom is -0.480 e. The lowest BCUT2D eigenvalue weighted by molar-refractivity contribution is -0.146. The fourth-order valence-electron chi connectivity index (χ4n) is 1.85. The average molecular weight is 244 g/mol. The maximum absolute atomic E-state index is 11.6. The van der Waals surface area contributed by atoms with Crippen molar-refractivity contribution in [1.82, 2.24) is 10.2 Å². The SMILES string of the molecule is COC(=O)C1CN(C(=O)NCC(=O)O)CC1C. The third-order valence-electron chi connectivity index (χ3n) is 2.79. The first-order valence-electron chi connectivity index (χ1n) is 5.28.